The number of hydrogen-bond acceptors (Lipinski definition) is 22. The van der Waals surface area contributed by atoms with Crippen molar-refractivity contribution in [2.75, 3.05) is 99.5 Å². The summed E-state index contributed by atoms with van der Waals surface area (Å²) in [6.07, 6.45) is -0.573. The lowest BCUT2D eigenvalue weighted by Gasteiger charge is -2.18. The molecule has 0 aliphatic carbocycles. The Labute approximate surface area is 819 Å². The normalized spacial score (nSPS) is 10.9. The van der Waals surface area contributed by atoms with Gasteiger partial charge in [0.25, 0.3) is 10.0 Å². The molecule has 28 heteroatoms. The van der Waals surface area contributed by atoms with Crippen LogP contribution < -0.4 is 48.3 Å². The summed E-state index contributed by atoms with van der Waals surface area (Å²) < 4.78 is 70.7. The third-order valence-electron chi connectivity index (χ3n) is 23.7. The number of anilines is 3. The number of carbonyl (C=O) groups excluding carboxylic acids is 2. The van der Waals surface area contributed by atoms with Crippen LogP contribution in [0.5, 0.6) is 57.5 Å². The maximum Gasteiger partial charge on any atom is 0.420 e. The summed E-state index contributed by atoms with van der Waals surface area (Å²) in [6.45, 7) is 15.3. The smallest absolute Gasteiger partial charge is 0.420 e. The Balaban J connectivity index is 0.000000150. The zero-order valence-corrected chi connectivity index (χ0v) is 83.2. The van der Waals surface area contributed by atoms with Crippen LogP contribution in [0.1, 0.15) is 44.5 Å². The number of aryl methyl sites for hydroxylation is 8. The molecule has 0 saturated carbocycles. The zero-order chi connectivity index (χ0) is 100. The summed E-state index contributed by atoms with van der Waals surface area (Å²) >= 11 is 1.50. The molecule has 0 bridgehead atoms. The second-order valence-electron chi connectivity index (χ2n) is 33.7. The molecule has 0 unspecified atom stereocenters. The number of H-pyrrole nitrogens is 1. The molecule has 0 saturated heterocycles. The number of phenols is 4. The standard InChI is InChI=1S/C33H34N4O3S2.C27H27N3O6.C27H26N2O5.C25H24N2O/c1-21-18-24(19-22(2)31(21)38)33-34-30(32(41-33)23-12-14-26(15-13-23)36(3)4)28-17-16-27(37(5)6)20-29(28)42(39,40)35-25-10-8-7-9-11-25;1-28-27(32)30-24(17-8-12-20(34-3)13-9-17)23(16-6-10-19(33-2)11-7-16)29-26(30)18-14-21(35-4)25(31)22(15-18)36-5;1-16-14-20(15-17(2)25(16)30)26-28-23(18-6-10-21(32-3)11-7-18)24(29(26)27(31)34-5)19-8-12-22(33-4)13-9-19;1-15-5-9-19(10-6-15)22-23(20-11-7-16(2)8-12-20)27-25(26-22)21-13-17(3)24(28)18(4)14-21/h7-20,35,38H,1-6H3;6-15,31H,1-5H3,(H,28,32);6-15,30H,1-5H3;5-14,28H,1-4H3,(H,26,27). The number of aromatic amines is 1. The molecule has 7 N–H and O–H groups in total. The Hall–Kier alpha value is -16.6. The van der Waals surface area contributed by atoms with Crippen LogP contribution in [-0.2, 0) is 14.8 Å². The average molecular weight is 1920 g/mol. The van der Waals surface area contributed by atoms with Crippen molar-refractivity contribution in [2.45, 2.75) is 60.3 Å². The number of nitrogens with zero attached hydrogens (tertiary/aromatic N) is 8. The Morgan fingerprint density at radius 2 is 0.764 bits per heavy atom. The maximum atomic E-state index is 14.0. The predicted octanol–water partition coefficient (Wildman–Crippen LogP) is 24.4. The Morgan fingerprint density at radius 1 is 0.379 bits per heavy atom. The highest BCUT2D eigenvalue weighted by molar-refractivity contribution is 7.92. The maximum absolute atomic E-state index is 14.0. The van der Waals surface area contributed by atoms with E-state index in [0.717, 1.165) is 111 Å². The Bertz CT molecular complexity index is 7310. The molecule has 26 nitrogen and oxygen atoms in total. The molecule has 0 fully saturated rings. The van der Waals surface area contributed by atoms with Crippen molar-refractivity contribution in [3.63, 3.8) is 0 Å². The Kier molecular flexibility index (Phi) is 30.7. The van der Waals surface area contributed by atoms with Crippen LogP contribution in [-0.4, -0.2) is 160 Å². The minimum Gasteiger partial charge on any atom is -0.507 e. The Morgan fingerprint density at radius 3 is 1.19 bits per heavy atom. The summed E-state index contributed by atoms with van der Waals surface area (Å²) in [7, 11) is 15.9. The number of imidazole rings is 3. The molecule has 1 amide bonds. The fourth-order valence-corrected chi connectivity index (χ4v) is 18.4. The van der Waals surface area contributed by atoms with Crippen molar-refractivity contribution in [1.82, 2.24) is 39.4 Å². The number of methoxy groups -OCH3 is 7. The van der Waals surface area contributed by atoms with E-state index in [0.29, 0.717) is 102 Å². The molecule has 17 aromatic rings. The molecule has 4 heterocycles. The number of amides is 1. The number of phenolic OH excluding ortho intramolecular Hbond substituents is 4. The van der Waals surface area contributed by atoms with E-state index in [2.05, 4.69) is 77.4 Å². The number of carbonyl (C=O) groups is 2. The lowest BCUT2D eigenvalue weighted by molar-refractivity contribution is 0.173. The second-order valence-corrected chi connectivity index (χ2v) is 36.4. The van der Waals surface area contributed by atoms with E-state index in [-0.39, 0.29) is 33.6 Å². The van der Waals surface area contributed by atoms with Crippen LogP contribution in [0, 0.1) is 55.4 Å². The van der Waals surface area contributed by atoms with Gasteiger partial charge in [0.15, 0.2) is 17.3 Å². The first-order valence-corrected chi connectivity index (χ1v) is 46.9. The van der Waals surface area contributed by atoms with Gasteiger partial charge in [-0.05, 0) is 282 Å². The highest BCUT2D eigenvalue weighted by Crippen LogP contribution is 2.49. The summed E-state index contributed by atoms with van der Waals surface area (Å²) in [5.74, 6) is 5.39. The minimum atomic E-state index is -3.99. The highest BCUT2D eigenvalue weighted by atomic mass is 32.2. The number of aromatic hydroxyl groups is 4. The van der Waals surface area contributed by atoms with Gasteiger partial charge in [0.2, 0.25) is 5.75 Å². The third kappa shape index (κ3) is 21.6. The number of sulfonamides is 1. The van der Waals surface area contributed by atoms with Gasteiger partial charge in [-0.15, -0.1) is 11.3 Å². The topological polar surface area (TPSA) is 322 Å². The fourth-order valence-electron chi connectivity index (χ4n) is 16.0. The van der Waals surface area contributed by atoms with E-state index < -0.39 is 22.1 Å². The largest absolute Gasteiger partial charge is 0.507 e. The molecule has 17 rings (SSSR count). The third-order valence-corrected chi connectivity index (χ3v) is 26.2. The van der Waals surface area contributed by atoms with E-state index in [1.165, 1.54) is 52.9 Å². The van der Waals surface area contributed by atoms with Crippen molar-refractivity contribution in [3.05, 3.63) is 311 Å². The van der Waals surface area contributed by atoms with Crippen molar-refractivity contribution in [1.29, 1.82) is 0 Å². The van der Waals surface area contributed by atoms with E-state index in [4.69, 9.17) is 53.1 Å². The number of benzene rings is 13. The van der Waals surface area contributed by atoms with E-state index >= 15 is 0 Å². The molecular weight excluding hydrogens is 1800 g/mol. The predicted molar refractivity (Wildman–Crippen MR) is 558 cm³/mol. The molecular formula is C112H111N11O15S2. The molecule has 13 aromatic carbocycles. The number of ether oxygens (including phenoxy) is 7. The van der Waals surface area contributed by atoms with Gasteiger partial charge in [0, 0.05) is 113 Å². The van der Waals surface area contributed by atoms with Gasteiger partial charge in [-0.2, -0.15) is 0 Å². The van der Waals surface area contributed by atoms with Crippen LogP contribution in [0.25, 0.3) is 134 Å². The number of para-hydroxylation sites is 1. The number of aromatic nitrogens is 7. The van der Waals surface area contributed by atoms with Gasteiger partial charge in [0.1, 0.15) is 56.9 Å². The summed E-state index contributed by atoms with van der Waals surface area (Å²) in [5.41, 5.74) is 23.9. The molecule has 0 radical (unpaired) electrons. The van der Waals surface area contributed by atoms with Gasteiger partial charge in [-0.1, -0.05) is 90.0 Å². The van der Waals surface area contributed by atoms with Gasteiger partial charge in [-0.25, -0.2) is 47.1 Å². The first-order chi connectivity index (χ1) is 67.2. The molecule has 4 aromatic heterocycles. The minimum absolute atomic E-state index is 0.138. The second kappa shape index (κ2) is 43.2. The summed E-state index contributed by atoms with van der Waals surface area (Å²) in [4.78, 5) is 54.7. The number of hydrogen-bond donors (Lipinski definition) is 7. The van der Waals surface area contributed by atoms with E-state index in [1.807, 2.05) is 243 Å². The fraction of sp³-hybridized carbons (Fsp3) is 0.179. The van der Waals surface area contributed by atoms with Crippen molar-refractivity contribution in [2.24, 2.45) is 0 Å². The first-order valence-electron chi connectivity index (χ1n) is 44.6. The molecule has 0 aliphatic rings. The lowest BCUT2D eigenvalue weighted by atomic mass is 10.0. The monoisotopic (exact) mass is 1910 g/mol. The number of nitrogens with one attached hydrogen (secondary N) is 3. The number of rotatable bonds is 23. The van der Waals surface area contributed by atoms with Crippen LogP contribution in [0.15, 0.2) is 272 Å². The van der Waals surface area contributed by atoms with Crippen molar-refractivity contribution in [3.8, 4) is 191 Å². The SMILES string of the molecule is CNC(=O)n1c(-c2cc(OC)c(O)c(OC)c2)nc(-c2ccc(OC)cc2)c1-c1ccc(OC)cc1.COC(=O)n1c(-c2cc(C)c(O)c(C)c2)nc(-c2ccc(OC)cc2)c1-c1ccc(OC)cc1.Cc1cc(-c2nc(-c3ccc(N(C)C)cc3S(=O)(=O)Nc3ccccc3)c(-c3ccc(N(C)C)cc3)s2)cc(C)c1O.Cc1ccc(-c2nc(-c3cc(C)c(O)c(C)c3)[nH]c2-c2ccc(C)cc2)cc1. The molecule has 0 aliphatic heterocycles. The lowest BCUT2D eigenvalue weighted by Crippen LogP contribution is -2.26. The van der Waals surface area contributed by atoms with Crippen LogP contribution in [0.3, 0.4) is 0 Å². The average Bonchev–Trinajstić information content (AvgIpc) is 1.64. The number of thiazole rings is 1. The van der Waals surface area contributed by atoms with Crippen LogP contribution >= 0.6 is 11.3 Å². The van der Waals surface area contributed by atoms with Crippen LogP contribution in [0.4, 0.5) is 26.7 Å². The van der Waals surface area contributed by atoms with Crippen molar-refractivity contribution < 1.29 is 71.6 Å². The molecule has 0 atom stereocenters. The zero-order valence-electron chi connectivity index (χ0n) is 81.6. The van der Waals surface area contributed by atoms with Gasteiger partial charge in [0.05, 0.1) is 99.4 Å². The van der Waals surface area contributed by atoms with Crippen LogP contribution in [0.2, 0.25) is 0 Å². The van der Waals surface area contributed by atoms with Gasteiger partial charge in [-0.3, -0.25) is 4.72 Å². The molecule has 0 spiro atoms. The van der Waals surface area contributed by atoms with Crippen molar-refractivity contribution >= 4 is 50.5 Å². The van der Waals surface area contributed by atoms with Gasteiger partial charge < -0.3 is 73.7 Å². The first kappa shape index (κ1) is 99.4. The summed E-state index contributed by atoms with van der Waals surface area (Å²) in [6, 6.07) is 83.2. The highest BCUT2D eigenvalue weighted by Gasteiger charge is 2.32. The van der Waals surface area contributed by atoms with E-state index in [9.17, 15) is 38.4 Å². The quantitative estimate of drug-likeness (QED) is 0.0313. The van der Waals surface area contributed by atoms with Gasteiger partial charge >= 0.3 is 12.1 Å². The van der Waals surface area contributed by atoms with E-state index in [1.54, 1.807) is 90.1 Å². The molecule has 140 heavy (non-hydrogen) atoms. The summed E-state index contributed by atoms with van der Waals surface area (Å²) in [5, 5.41) is 44.6. The molecule has 716 valence electrons.